The van der Waals surface area contributed by atoms with E-state index in [1.807, 2.05) is 19.1 Å². The third kappa shape index (κ3) is 5.35. The van der Waals surface area contributed by atoms with Crippen LogP contribution in [0.25, 0.3) is 0 Å². The van der Waals surface area contributed by atoms with E-state index in [2.05, 4.69) is 10.3 Å². The zero-order chi connectivity index (χ0) is 12.7. The van der Waals surface area contributed by atoms with E-state index < -0.39 is 5.97 Å². The number of amides is 1. The van der Waals surface area contributed by atoms with Crippen molar-refractivity contribution in [1.82, 2.24) is 10.3 Å². The first-order chi connectivity index (χ1) is 8.09. The number of carboxylic acids is 1. The summed E-state index contributed by atoms with van der Waals surface area (Å²) in [7, 11) is 0. The smallest absolute Gasteiger partial charge is 0.313 e. The number of aromatic nitrogens is 1. The fourth-order valence-electron chi connectivity index (χ4n) is 1.22. The van der Waals surface area contributed by atoms with Gasteiger partial charge in [-0.1, -0.05) is 6.07 Å². The Bertz CT molecular complexity index is 384. The molecule has 1 aromatic heterocycles. The van der Waals surface area contributed by atoms with Crippen LogP contribution in [0.1, 0.15) is 18.7 Å². The van der Waals surface area contributed by atoms with Gasteiger partial charge in [-0.15, -0.1) is 11.8 Å². The van der Waals surface area contributed by atoms with E-state index in [0.717, 1.165) is 17.5 Å². The minimum absolute atomic E-state index is 0.0641. The number of hydrogen-bond donors (Lipinski definition) is 2. The summed E-state index contributed by atoms with van der Waals surface area (Å²) in [5.74, 6) is -1.02. The van der Waals surface area contributed by atoms with E-state index in [0.29, 0.717) is 0 Å². The van der Waals surface area contributed by atoms with Crippen molar-refractivity contribution in [2.75, 3.05) is 11.5 Å². The molecule has 92 valence electrons. The van der Waals surface area contributed by atoms with Crippen molar-refractivity contribution < 1.29 is 14.7 Å². The monoisotopic (exact) mass is 254 g/mol. The predicted octanol–water partition coefficient (Wildman–Crippen LogP) is 1.08. The van der Waals surface area contributed by atoms with Crippen LogP contribution < -0.4 is 5.32 Å². The van der Waals surface area contributed by atoms with Gasteiger partial charge in [-0.2, -0.15) is 0 Å². The lowest BCUT2D eigenvalue weighted by molar-refractivity contribution is -0.133. The summed E-state index contributed by atoms with van der Waals surface area (Å²) in [6.45, 7) is 1.84. The SMILES string of the molecule is CC(NC(=O)CSCC(=O)O)c1ccccn1. The summed E-state index contributed by atoms with van der Waals surface area (Å²) >= 11 is 1.07. The lowest BCUT2D eigenvalue weighted by atomic mass is 10.2. The van der Waals surface area contributed by atoms with E-state index in [1.54, 1.807) is 12.3 Å². The summed E-state index contributed by atoms with van der Waals surface area (Å²) in [5.41, 5.74) is 0.782. The summed E-state index contributed by atoms with van der Waals surface area (Å²) in [6.07, 6.45) is 1.66. The number of hydrogen-bond acceptors (Lipinski definition) is 4. The number of nitrogens with zero attached hydrogens (tertiary/aromatic N) is 1. The highest BCUT2D eigenvalue weighted by molar-refractivity contribution is 8.00. The second-order valence-electron chi connectivity index (χ2n) is 3.43. The number of aliphatic carboxylic acids is 1. The van der Waals surface area contributed by atoms with Gasteiger partial charge >= 0.3 is 5.97 Å². The first-order valence-corrected chi connectivity index (χ1v) is 6.25. The lowest BCUT2D eigenvalue weighted by Gasteiger charge is -2.12. The summed E-state index contributed by atoms with van der Waals surface area (Å²) in [5, 5.41) is 11.2. The first-order valence-electron chi connectivity index (χ1n) is 5.09. The van der Waals surface area contributed by atoms with Crippen LogP contribution in [-0.2, 0) is 9.59 Å². The van der Waals surface area contributed by atoms with E-state index in [4.69, 9.17) is 5.11 Å². The molecule has 0 saturated heterocycles. The van der Waals surface area contributed by atoms with Crippen LogP contribution in [0.3, 0.4) is 0 Å². The van der Waals surface area contributed by atoms with Crippen molar-refractivity contribution in [1.29, 1.82) is 0 Å². The second-order valence-corrected chi connectivity index (χ2v) is 4.42. The number of nitrogens with one attached hydrogen (secondary N) is 1. The molecule has 0 fully saturated rings. The van der Waals surface area contributed by atoms with Gasteiger partial charge in [-0.05, 0) is 19.1 Å². The number of thioether (sulfide) groups is 1. The molecule has 1 atom stereocenters. The molecule has 1 heterocycles. The van der Waals surface area contributed by atoms with Gasteiger partial charge < -0.3 is 10.4 Å². The largest absolute Gasteiger partial charge is 0.481 e. The maximum absolute atomic E-state index is 11.5. The summed E-state index contributed by atoms with van der Waals surface area (Å²) in [4.78, 5) is 25.8. The van der Waals surface area contributed by atoms with Crippen molar-refractivity contribution in [3.63, 3.8) is 0 Å². The Morgan fingerprint density at radius 1 is 1.47 bits per heavy atom. The van der Waals surface area contributed by atoms with Crippen LogP contribution in [0.4, 0.5) is 0 Å². The minimum Gasteiger partial charge on any atom is -0.481 e. The molecule has 1 aromatic rings. The Morgan fingerprint density at radius 2 is 2.24 bits per heavy atom. The molecule has 0 aliphatic rings. The van der Waals surface area contributed by atoms with Gasteiger partial charge in [0.15, 0.2) is 0 Å². The van der Waals surface area contributed by atoms with E-state index in [9.17, 15) is 9.59 Å². The van der Waals surface area contributed by atoms with Gasteiger partial charge in [-0.25, -0.2) is 0 Å². The van der Waals surface area contributed by atoms with Crippen LogP contribution >= 0.6 is 11.8 Å². The second kappa shape index (κ2) is 6.90. The zero-order valence-electron chi connectivity index (χ0n) is 9.42. The predicted molar refractivity (Wildman–Crippen MR) is 65.8 cm³/mol. The molecule has 0 radical (unpaired) electrons. The van der Waals surface area contributed by atoms with Crippen molar-refractivity contribution in [3.8, 4) is 0 Å². The molecule has 1 amide bonds. The molecule has 0 bridgehead atoms. The Hall–Kier alpha value is -1.56. The average Bonchev–Trinajstić information content (AvgIpc) is 2.29. The quantitative estimate of drug-likeness (QED) is 0.794. The van der Waals surface area contributed by atoms with Crippen molar-refractivity contribution >= 4 is 23.6 Å². The normalized spacial score (nSPS) is 11.8. The summed E-state index contributed by atoms with van der Waals surface area (Å²) in [6, 6.07) is 5.31. The Morgan fingerprint density at radius 3 is 2.82 bits per heavy atom. The molecule has 0 aromatic carbocycles. The molecular formula is C11H14N2O3S. The Balaban J connectivity index is 2.34. The number of carbonyl (C=O) groups excluding carboxylic acids is 1. The van der Waals surface area contributed by atoms with Gasteiger partial charge in [0.2, 0.25) is 5.91 Å². The number of rotatable bonds is 6. The fourth-order valence-corrected chi connectivity index (χ4v) is 1.77. The maximum atomic E-state index is 11.5. The molecule has 6 heteroatoms. The molecule has 0 spiro atoms. The van der Waals surface area contributed by atoms with Crippen LogP contribution in [-0.4, -0.2) is 33.5 Å². The van der Waals surface area contributed by atoms with Gasteiger partial charge in [-0.3, -0.25) is 14.6 Å². The standard InChI is InChI=1S/C11H14N2O3S/c1-8(9-4-2-3-5-12-9)13-10(14)6-17-7-11(15)16/h2-5,8H,6-7H2,1H3,(H,13,14)(H,15,16). The first kappa shape index (κ1) is 13.5. The fraction of sp³-hybridized carbons (Fsp3) is 0.364. The van der Waals surface area contributed by atoms with Crippen molar-refractivity contribution in [2.45, 2.75) is 13.0 Å². The van der Waals surface area contributed by atoms with E-state index in [1.165, 1.54) is 0 Å². The van der Waals surface area contributed by atoms with Crippen LogP contribution in [0.5, 0.6) is 0 Å². The molecule has 1 unspecified atom stereocenters. The van der Waals surface area contributed by atoms with E-state index >= 15 is 0 Å². The van der Waals surface area contributed by atoms with Gasteiger partial charge in [0.1, 0.15) is 0 Å². The third-order valence-corrected chi connectivity index (χ3v) is 2.88. The minimum atomic E-state index is -0.916. The van der Waals surface area contributed by atoms with Crippen LogP contribution in [0.15, 0.2) is 24.4 Å². The number of carbonyl (C=O) groups is 2. The highest BCUT2D eigenvalue weighted by atomic mass is 32.2. The third-order valence-electron chi connectivity index (χ3n) is 1.97. The average molecular weight is 254 g/mol. The van der Waals surface area contributed by atoms with Crippen LogP contribution in [0.2, 0.25) is 0 Å². The molecule has 5 nitrogen and oxygen atoms in total. The molecule has 0 saturated carbocycles. The number of carboxylic acid groups (broad SMARTS) is 1. The van der Waals surface area contributed by atoms with Gasteiger partial charge in [0.25, 0.3) is 0 Å². The van der Waals surface area contributed by atoms with Gasteiger partial charge in [0, 0.05) is 6.20 Å². The molecule has 0 aliphatic carbocycles. The molecule has 1 rings (SSSR count). The zero-order valence-corrected chi connectivity index (χ0v) is 10.2. The lowest BCUT2D eigenvalue weighted by Crippen LogP contribution is -2.29. The molecular weight excluding hydrogens is 240 g/mol. The molecule has 0 aliphatic heterocycles. The van der Waals surface area contributed by atoms with E-state index in [-0.39, 0.29) is 23.5 Å². The van der Waals surface area contributed by atoms with Crippen molar-refractivity contribution in [2.24, 2.45) is 0 Å². The number of pyridine rings is 1. The van der Waals surface area contributed by atoms with Gasteiger partial charge in [0.05, 0.1) is 23.2 Å². The highest BCUT2D eigenvalue weighted by Gasteiger charge is 2.10. The highest BCUT2D eigenvalue weighted by Crippen LogP contribution is 2.08. The molecule has 2 N–H and O–H groups in total. The Kier molecular flexibility index (Phi) is 5.48. The van der Waals surface area contributed by atoms with Crippen molar-refractivity contribution in [3.05, 3.63) is 30.1 Å². The topological polar surface area (TPSA) is 79.3 Å². The maximum Gasteiger partial charge on any atom is 0.313 e. The summed E-state index contributed by atoms with van der Waals surface area (Å²) < 4.78 is 0. The Labute approximate surface area is 104 Å². The van der Waals surface area contributed by atoms with Crippen LogP contribution in [0, 0.1) is 0 Å². The molecule has 17 heavy (non-hydrogen) atoms.